The number of aromatic hydroxyl groups is 1. The minimum Gasteiger partial charge on any atom is -0.508 e. The highest BCUT2D eigenvalue weighted by atomic mass is 16.5. The average Bonchev–Trinajstić information content (AvgIpc) is 2.79. The SMILES string of the molecule is COc1ccc(O)cc1C1(C(=O)O)CCCC1. The number of methoxy groups -OCH3 is 1. The third kappa shape index (κ3) is 1.84. The fraction of sp³-hybridized carbons (Fsp3) is 0.462. The summed E-state index contributed by atoms with van der Waals surface area (Å²) in [6.45, 7) is 0. The van der Waals surface area contributed by atoms with Gasteiger partial charge in [-0.3, -0.25) is 4.79 Å². The predicted molar refractivity (Wildman–Crippen MR) is 62.4 cm³/mol. The van der Waals surface area contributed by atoms with Gasteiger partial charge in [0.2, 0.25) is 0 Å². The monoisotopic (exact) mass is 236 g/mol. The number of carboxylic acids is 1. The molecule has 0 spiro atoms. The summed E-state index contributed by atoms with van der Waals surface area (Å²) in [4.78, 5) is 11.6. The summed E-state index contributed by atoms with van der Waals surface area (Å²) in [6, 6.07) is 4.64. The van der Waals surface area contributed by atoms with Crippen molar-refractivity contribution in [2.75, 3.05) is 7.11 Å². The molecule has 17 heavy (non-hydrogen) atoms. The molecule has 1 aliphatic rings. The summed E-state index contributed by atoms with van der Waals surface area (Å²) in [5, 5.41) is 19.0. The first-order valence-corrected chi connectivity index (χ1v) is 5.71. The van der Waals surface area contributed by atoms with E-state index in [1.165, 1.54) is 19.2 Å². The van der Waals surface area contributed by atoms with Crippen LogP contribution >= 0.6 is 0 Å². The maximum Gasteiger partial charge on any atom is 0.314 e. The number of rotatable bonds is 3. The van der Waals surface area contributed by atoms with Crippen LogP contribution < -0.4 is 4.74 Å². The summed E-state index contributed by atoms with van der Waals surface area (Å²) in [7, 11) is 1.51. The third-order valence-corrected chi connectivity index (χ3v) is 3.57. The number of aliphatic carboxylic acids is 1. The van der Waals surface area contributed by atoms with Crippen LogP contribution in [0.25, 0.3) is 0 Å². The number of phenolic OH excluding ortho intramolecular Hbond substituents is 1. The minimum atomic E-state index is -0.899. The van der Waals surface area contributed by atoms with Gasteiger partial charge in [0.1, 0.15) is 11.5 Å². The summed E-state index contributed by atoms with van der Waals surface area (Å²) < 4.78 is 5.21. The van der Waals surface area contributed by atoms with Crippen LogP contribution in [0.4, 0.5) is 0 Å². The van der Waals surface area contributed by atoms with Gasteiger partial charge in [0.25, 0.3) is 0 Å². The molecule has 2 N–H and O–H groups in total. The van der Waals surface area contributed by atoms with Gasteiger partial charge in [0.15, 0.2) is 0 Å². The molecule has 0 aliphatic heterocycles. The van der Waals surface area contributed by atoms with Crippen molar-refractivity contribution in [1.29, 1.82) is 0 Å². The second-order valence-corrected chi connectivity index (χ2v) is 4.48. The highest BCUT2D eigenvalue weighted by Crippen LogP contribution is 2.45. The molecule has 0 saturated heterocycles. The molecule has 1 aromatic carbocycles. The van der Waals surface area contributed by atoms with Gasteiger partial charge in [-0.1, -0.05) is 12.8 Å². The molecule has 0 heterocycles. The molecule has 0 bridgehead atoms. The standard InChI is InChI=1S/C13H16O4/c1-17-11-5-4-9(14)8-10(11)13(12(15)16)6-2-3-7-13/h4-5,8,14H,2-3,6-7H2,1H3,(H,15,16). The Morgan fingerprint density at radius 1 is 1.35 bits per heavy atom. The van der Waals surface area contributed by atoms with Gasteiger partial charge in [-0.15, -0.1) is 0 Å². The minimum absolute atomic E-state index is 0.0772. The number of carboxylic acid groups (broad SMARTS) is 1. The summed E-state index contributed by atoms with van der Waals surface area (Å²) in [5.41, 5.74) is -0.311. The van der Waals surface area contributed by atoms with E-state index in [-0.39, 0.29) is 5.75 Å². The lowest BCUT2D eigenvalue weighted by Crippen LogP contribution is -2.33. The number of hydrogen-bond acceptors (Lipinski definition) is 3. The molecule has 4 heteroatoms. The molecule has 2 rings (SSSR count). The Morgan fingerprint density at radius 2 is 2.00 bits per heavy atom. The molecule has 1 fully saturated rings. The molecule has 0 amide bonds. The Kier molecular flexibility index (Phi) is 2.96. The van der Waals surface area contributed by atoms with Crippen LogP contribution in [0.3, 0.4) is 0 Å². The Bertz CT molecular complexity index is 433. The lowest BCUT2D eigenvalue weighted by molar-refractivity contribution is -0.143. The van der Waals surface area contributed by atoms with Crippen molar-refractivity contribution in [2.45, 2.75) is 31.1 Å². The van der Waals surface area contributed by atoms with E-state index in [0.717, 1.165) is 12.8 Å². The van der Waals surface area contributed by atoms with Crippen molar-refractivity contribution >= 4 is 5.97 Å². The fourth-order valence-corrected chi connectivity index (χ4v) is 2.65. The molecule has 92 valence electrons. The number of hydrogen-bond donors (Lipinski definition) is 2. The lowest BCUT2D eigenvalue weighted by atomic mass is 9.78. The molecule has 0 unspecified atom stereocenters. The smallest absolute Gasteiger partial charge is 0.314 e. The second-order valence-electron chi connectivity index (χ2n) is 4.48. The summed E-state index contributed by atoms with van der Waals surface area (Å²) >= 11 is 0. The van der Waals surface area contributed by atoms with Crippen LogP contribution in [0.15, 0.2) is 18.2 Å². The van der Waals surface area contributed by atoms with Crippen molar-refractivity contribution in [3.05, 3.63) is 23.8 Å². The van der Waals surface area contributed by atoms with Gasteiger partial charge in [-0.2, -0.15) is 0 Å². The molecular weight excluding hydrogens is 220 g/mol. The zero-order chi connectivity index (χ0) is 12.5. The van der Waals surface area contributed by atoms with E-state index >= 15 is 0 Å². The molecule has 4 nitrogen and oxygen atoms in total. The zero-order valence-corrected chi connectivity index (χ0v) is 9.77. The number of ether oxygens (including phenoxy) is 1. The maximum atomic E-state index is 11.6. The Labute approximate surface area is 99.8 Å². The van der Waals surface area contributed by atoms with Gasteiger partial charge in [0.05, 0.1) is 12.5 Å². The van der Waals surface area contributed by atoms with Crippen LogP contribution in [-0.2, 0) is 10.2 Å². The lowest BCUT2D eigenvalue weighted by Gasteiger charge is -2.26. The van der Waals surface area contributed by atoms with Crippen molar-refractivity contribution in [3.63, 3.8) is 0 Å². The Balaban J connectivity index is 2.56. The normalized spacial score (nSPS) is 17.9. The predicted octanol–water partition coefficient (Wildman–Crippen LogP) is 2.30. The van der Waals surface area contributed by atoms with Crippen molar-refractivity contribution in [3.8, 4) is 11.5 Å². The van der Waals surface area contributed by atoms with Crippen LogP contribution in [0.2, 0.25) is 0 Å². The topological polar surface area (TPSA) is 66.8 Å². The molecule has 1 aromatic rings. The van der Waals surface area contributed by atoms with Gasteiger partial charge in [0, 0.05) is 5.56 Å². The average molecular weight is 236 g/mol. The van der Waals surface area contributed by atoms with Crippen molar-refractivity contribution in [2.24, 2.45) is 0 Å². The van der Waals surface area contributed by atoms with E-state index in [1.54, 1.807) is 6.07 Å². The fourth-order valence-electron chi connectivity index (χ4n) is 2.65. The van der Waals surface area contributed by atoms with Gasteiger partial charge < -0.3 is 14.9 Å². The van der Waals surface area contributed by atoms with E-state index in [0.29, 0.717) is 24.2 Å². The summed E-state index contributed by atoms with van der Waals surface area (Å²) in [5.74, 6) is -0.223. The van der Waals surface area contributed by atoms with E-state index in [2.05, 4.69) is 0 Å². The molecule has 0 atom stereocenters. The van der Waals surface area contributed by atoms with Crippen molar-refractivity contribution < 1.29 is 19.7 Å². The number of phenols is 1. The Hall–Kier alpha value is -1.71. The highest BCUT2D eigenvalue weighted by Gasteiger charge is 2.44. The van der Waals surface area contributed by atoms with Gasteiger partial charge >= 0.3 is 5.97 Å². The molecular formula is C13H16O4. The zero-order valence-electron chi connectivity index (χ0n) is 9.77. The van der Waals surface area contributed by atoms with Crippen LogP contribution in [0, 0.1) is 0 Å². The van der Waals surface area contributed by atoms with E-state index in [4.69, 9.17) is 4.74 Å². The Morgan fingerprint density at radius 3 is 2.53 bits per heavy atom. The van der Waals surface area contributed by atoms with Crippen LogP contribution in [0.5, 0.6) is 11.5 Å². The number of carbonyl (C=O) groups is 1. The number of benzene rings is 1. The van der Waals surface area contributed by atoms with E-state index in [9.17, 15) is 15.0 Å². The molecule has 1 saturated carbocycles. The van der Waals surface area contributed by atoms with E-state index in [1.807, 2.05) is 0 Å². The van der Waals surface area contributed by atoms with Gasteiger partial charge in [-0.05, 0) is 31.0 Å². The van der Waals surface area contributed by atoms with Crippen LogP contribution in [-0.4, -0.2) is 23.3 Å². The first-order valence-electron chi connectivity index (χ1n) is 5.71. The van der Waals surface area contributed by atoms with Crippen molar-refractivity contribution in [1.82, 2.24) is 0 Å². The second kappa shape index (κ2) is 4.28. The quantitative estimate of drug-likeness (QED) is 0.845. The first-order chi connectivity index (χ1) is 8.10. The third-order valence-electron chi connectivity index (χ3n) is 3.57. The molecule has 1 aliphatic carbocycles. The molecule has 0 aromatic heterocycles. The maximum absolute atomic E-state index is 11.6. The van der Waals surface area contributed by atoms with Crippen LogP contribution in [0.1, 0.15) is 31.2 Å². The molecule has 0 radical (unpaired) electrons. The first kappa shape index (κ1) is 11.8. The summed E-state index contributed by atoms with van der Waals surface area (Å²) in [6.07, 6.45) is 2.99. The largest absolute Gasteiger partial charge is 0.508 e. The van der Waals surface area contributed by atoms with E-state index < -0.39 is 11.4 Å². The van der Waals surface area contributed by atoms with Gasteiger partial charge in [-0.25, -0.2) is 0 Å². The highest BCUT2D eigenvalue weighted by molar-refractivity contribution is 5.83.